The minimum Gasteiger partial charge on any atom is -0.481 e. The van der Waals surface area contributed by atoms with Crippen molar-refractivity contribution in [3.8, 4) is 0 Å². The number of rotatable bonds is 3. The zero-order chi connectivity index (χ0) is 7.90. The van der Waals surface area contributed by atoms with Gasteiger partial charge in [-0.1, -0.05) is 6.42 Å². The first kappa shape index (κ1) is 7.10. The molecule has 0 radical (unpaired) electrons. The smallest absolute Gasteiger partial charge is 0.309 e. The second-order valence-corrected chi connectivity index (χ2v) is 3.60. The topological polar surface area (TPSA) is 49.8 Å². The lowest BCUT2D eigenvalue weighted by Gasteiger charge is -2.37. The van der Waals surface area contributed by atoms with Gasteiger partial charge in [-0.25, -0.2) is 0 Å². The lowest BCUT2D eigenvalue weighted by molar-refractivity contribution is -0.155. The highest BCUT2D eigenvalue weighted by Gasteiger charge is 2.48. The van der Waals surface area contributed by atoms with Gasteiger partial charge in [-0.15, -0.1) is 0 Å². The number of hydrogen-bond donors (Lipinski definition) is 1. The molecule has 1 aliphatic heterocycles. The number of epoxide rings is 1. The lowest BCUT2D eigenvalue weighted by atomic mass is 9.66. The van der Waals surface area contributed by atoms with E-state index in [0.29, 0.717) is 0 Å². The van der Waals surface area contributed by atoms with Crippen LogP contribution in [0.25, 0.3) is 0 Å². The van der Waals surface area contributed by atoms with Crippen LogP contribution in [0, 0.1) is 5.41 Å². The molecule has 2 aliphatic rings. The minimum atomic E-state index is -0.626. The Labute approximate surface area is 65.4 Å². The normalized spacial score (nSPS) is 32.5. The number of carboxylic acid groups (broad SMARTS) is 1. The molecule has 3 nitrogen and oxygen atoms in total. The summed E-state index contributed by atoms with van der Waals surface area (Å²) < 4.78 is 5.03. The molecule has 2 rings (SSSR count). The summed E-state index contributed by atoms with van der Waals surface area (Å²) in [6.45, 7) is 0.773. The van der Waals surface area contributed by atoms with Crippen LogP contribution in [0.5, 0.6) is 0 Å². The van der Waals surface area contributed by atoms with Gasteiger partial charge in [0.1, 0.15) is 0 Å². The molecular formula is C8H12O3. The largest absolute Gasteiger partial charge is 0.481 e. The highest BCUT2D eigenvalue weighted by atomic mass is 16.6. The zero-order valence-corrected chi connectivity index (χ0v) is 6.38. The Kier molecular flexibility index (Phi) is 1.42. The van der Waals surface area contributed by atoms with Crippen molar-refractivity contribution in [1.29, 1.82) is 0 Å². The van der Waals surface area contributed by atoms with E-state index in [-0.39, 0.29) is 6.10 Å². The maximum absolute atomic E-state index is 10.8. The Morgan fingerprint density at radius 3 is 2.55 bits per heavy atom. The van der Waals surface area contributed by atoms with Crippen LogP contribution in [0.3, 0.4) is 0 Å². The van der Waals surface area contributed by atoms with Crippen molar-refractivity contribution in [2.24, 2.45) is 5.41 Å². The summed E-state index contributed by atoms with van der Waals surface area (Å²) in [4.78, 5) is 10.8. The molecule has 0 unspecified atom stereocenters. The lowest BCUT2D eigenvalue weighted by Crippen LogP contribution is -2.39. The molecule has 0 spiro atoms. The molecule has 2 fully saturated rings. The SMILES string of the molecule is O=C(O)C1(C[C@H]2CO2)CCC1. The van der Waals surface area contributed by atoms with Gasteiger partial charge in [0.15, 0.2) is 0 Å². The Hall–Kier alpha value is -0.570. The van der Waals surface area contributed by atoms with Crippen LogP contribution < -0.4 is 0 Å². The van der Waals surface area contributed by atoms with Crippen LogP contribution in [0.4, 0.5) is 0 Å². The quantitative estimate of drug-likeness (QED) is 0.621. The predicted octanol–water partition coefficient (Wildman–Crippen LogP) is 1.03. The average Bonchev–Trinajstić information content (AvgIpc) is 2.60. The van der Waals surface area contributed by atoms with E-state index in [0.717, 1.165) is 32.3 Å². The van der Waals surface area contributed by atoms with Crippen LogP contribution in [-0.4, -0.2) is 23.8 Å². The maximum atomic E-state index is 10.8. The molecule has 1 atom stereocenters. The summed E-state index contributed by atoms with van der Waals surface area (Å²) in [7, 11) is 0. The Morgan fingerprint density at radius 1 is 1.64 bits per heavy atom. The van der Waals surface area contributed by atoms with Crippen molar-refractivity contribution < 1.29 is 14.6 Å². The molecule has 0 aromatic heterocycles. The predicted molar refractivity (Wildman–Crippen MR) is 38.3 cm³/mol. The van der Waals surface area contributed by atoms with Gasteiger partial charge in [0.05, 0.1) is 18.1 Å². The zero-order valence-electron chi connectivity index (χ0n) is 6.38. The van der Waals surface area contributed by atoms with Gasteiger partial charge < -0.3 is 9.84 Å². The summed E-state index contributed by atoms with van der Waals surface area (Å²) in [5, 5.41) is 8.90. The monoisotopic (exact) mass is 156 g/mol. The van der Waals surface area contributed by atoms with Crippen molar-refractivity contribution in [2.45, 2.75) is 31.8 Å². The van der Waals surface area contributed by atoms with E-state index in [1.807, 2.05) is 0 Å². The van der Waals surface area contributed by atoms with Crippen molar-refractivity contribution in [2.75, 3.05) is 6.61 Å². The molecule has 11 heavy (non-hydrogen) atoms. The van der Waals surface area contributed by atoms with Gasteiger partial charge in [-0.2, -0.15) is 0 Å². The van der Waals surface area contributed by atoms with Crippen LogP contribution in [0.2, 0.25) is 0 Å². The molecule has 0 bridgehead atoms. The summed E-state index contributed by atoms with van der Waals surface area (Å²) in [6.07, 6.45) is 3.76. The molecular weight excluding hydrogens is 144 g/mol. The summed E-state index contributed by atoms with van der Waals surface area (Å²) in [5.41, 5.74) is -0.402. The fourth-order valence-electron chi connectivity index (χ4n) is 1.73. The number of carboxylic acids is 1. The van der Waals surface area contributed by atoms with E-state index in [2.05, 4.69) is 0 Å². The van der Waals surface area contributed by atoms with E-state index in [9.17, 15) is 4.79 Å². The number of carbonyl (C=O) groups is 1. The van der Waals surface area contributed by atoms with Gasteiger partial charge in [0.25, 0.3) is 0 Å². The highest BCUT2D eigenvalue weighted by Crippen LogP contribution is 2.46. The molecule has 1 saturated heterocycles. The van der Waals surface area contributed by atoms with E-state index < -0.39 is 11.4 Å². The molecule has 62 valence electrons. The summed E-state index contributed by atoms with van der Waals surface area (Å²) >= 11 is 0. The highest BCUT2D eigenvalue weighted by molar-refractivity contribution is 5.75. The second kappa shape index (κ2) is 2.21. The van der Waals surface area contributed by atoms with Crippen LogP contribution in [0.15, 0.2) is 0 Å². The number of hydrogen-bond acceptors (Lipinski definition) is 2. The molecule has 3 heteroatoms. The average molecular weight is 156 g/mol. The molecule has 1 heterocycles. The molecule has 1 aliphatic carbocycles. The fourth-order valence-corrected chi connectivity index (χ4v) is 1.73. The number of ether oxygens (including phenoxy) is 1. The summed E-state index contributed by atoms with van der Waals surface area (Å²) in [6, 6.07) is 0. The Bertz CT molecular complexity index is 180. The molecule has 1 N–H and O–H groups in total. The third kappa shape index (κ3) is 1.13. The number of aliphatic carboxylic acids is 1. The minimum absolute atomic E-state index is 0.256. The second-order valence-electron chi connectivity index (χ2n) is 3.60. The molecule has 1 saturated carbocycles. The van der Waals surface area contributed by atoms with Crippen molar-refractivity contribution in [1.82, 2.24) is 0 Å². The third-order valence-corrected chi connectivity index (χ3v) is 2.79. The Morgan fingerprint density at radius 2 is 2.27 bits per heavy atom. The first-order valence-corrected chi connectivity index (χ1v) is 4.08. The molecule has 0 aromatic carbocycles. The van der Waals surface area contributed by atoms with E-state index in [4.69, 9.17) is 9.84 Å². The van der Waals surface area contributed by atoms with Gasteiger partial charge in [0.2, 0.25) is 0 Å². The first-order valence-electron chi connectivity index (χ1n) is 4.08. The summed E-state index contributed by atoms with van der Waals surface area (Å²) in [5.74, 6) is -0.626. The van der Waals surface area contributed by atoms with Crippen LogP contribution in [-0.2, 0) is 9.53 Å². The first-order chi connectivity index (χ1) is 5.23. The van der Waals surface area contributed by atoms with Gasteiger partial charge in [0, 0.05) is 0 Å². The molecule has 0 aromatic rings. The van der Waals surface area contributed by atoms with Crippen molar-refractivity contribution in [3.63, 3.8) is 0 Å². The maximum Gasteiger partial charge on any atom is 0.309 e. The van der Waals surface area contributed by atoms with Gasteiger partial charge >= 0.3 is 5.97 Å². The van der Waals surface area contributed by atoms with E-state index in [1.54, 1.807) is 0 Å². The van der Waals surface area contributed by atoms with Gasteiger partial charge in [-0.3, -0.25) is 4.79 Å². The Balaban J connectivity index is 1.97. The fraction of sp³-hybridized carbons (Fsp3) is 0.875. The third-order valence-electron chi connectivity index (χ3n) is 2.79. The van der Waals surface area contributed by atoms with E-state index in [1.165, 1.54) is 0 Å². The van der Waals surface area contributed by atoms with Crippen molar-refractivity contribution >= 4 is 5.97 Å². The van der Waals surface area contributed by atoms with E-state index >= 15 is 0 Å². The standard InChI is InChI=1S/C8H12O3/c9-7(10)8(2-1-3-8)4-6-5-11-6/h6H,1-5H2,(H,9,10)/t6-/m0/s1. The van der Waals surface area contributed by atoms with Crippen molar-refractivity contribution in [3.05, 3.63) is 0 Å². The van der Waals surface area contributed by atoms with Crippen LogP contribution >= 0.6 is 0 Å². The molecule has 0 amide bonds. The van der Waals surface area contributed by atoms with Gasteiger partial charge in [-0.05, 0) is 19.3 Å². The van der Waals surface area contributed by atoms with Crippen LogP contribution in [0.1, 0.15) is 25.7 Å².